The summed E-state index contributed by atoms with van der Waals surface area (Å²) >= 11 is 0. The van der Waals surface area contributed by atoms with E-state index >= 15 is 0 Å². The molecule has 2 heterocycles. The minimum atomic E-state index is -0.777. The third-order valence-electron chi connectivity index (χ3n) is 5.08. The van der Waals surface area contributed by atoms with Crippen LogP contribution in [0.3, 0.4) is 0 Å². The van der Waals surface area contributed by atoms with Crippen LogP contribution in [0.25, 0.3) is 0 Å². The van der Waals surface area contributed by atoms with Crippen molar-refractivity contribution in [1.82, 2.24) is 10.2 Å². The number of imide groups is 1. The molecule has 0 radical (unpaired) electrons. The lowest BCUT2D eigenvalue weighted by Crippen LogP contribution is -2.52. The molecule has 8 nitrogen and oxygen atoms in total. The highest BCUT2D eigenvalue weighted by Gasteiger charge is 2.40. The largest absolute Gasteiger partial charge is 0.493 e. The van der Waals surface area contributed by atoms with Crippen molar-refractivity contribution >= 4 is 23.7 Å². The molecule has 2 aliphatic heterocycles. The summed E-state index contributed by atoms with van der Waals surface area (Å²) < 4.78 is 5.85. The van der Waals surface area contributed by atoms with Gasteiger partial charge in [-0.2, -0.15) is 0 Å². The molecule has 1 saturated heterocycles. The maximum Gasteiger partial charge on any atom is 0.303 e. The number of nitrogens with one attached hydrogen (secondary N) is 1. The number of ether oxygens (including phenoxy) is 1. The molecule has 1 aromatic rings. The van der Waals surface area contributed by atoms with Gasteiger partial charge in [0.25, 0.3) is 5.91 Å². The number of fused-ring (bicyclic) bond motifs is 1. The summed E-state index contributed by atoms with van der Waals surface area (Å²) in [6.45, 7) is 0.769. The molecule has 2 aliphatic rings. The van der Waals surface area contributed by atoms with Gasteiger partial charge in [-0.15, -0.1) is 0 Å². The van der Waals surface area contributed by atoms with Crippen molar-refractivity contribution in [2.24, 2.45) is 0 Å². The van der Waals surface area contributed by atoms with Gasteiger partial charge in [0.15, 0.2) is 0 Å². The smallest absolute Gasteiger partial charge is 0.303 e. The highest BCUT2D eigenvalue weighted by atomic mass is 16.5. The Labute approximate surface area is 162 Å². The van der Waals surface area contributed by atoms with Gasteiger partial charge in [0.1, 0.15) is 11.8 Å². The number of rotatable bonds is 9. The third-order valence-corrected chi connectivity index (χ3v) is 5.08. The molecule has 3 amide bonds. The fourth-order valence-electron chi connectivity index (χ4n) is 3.61. The maximum atomic E-state index is 12.7. The Morgan fingerprint density at radius 2 is 1.96 bits per heavy atom. The van der Waals surface area contributed by atoms with Crippen molar-refractivity contribution in [2.75, 3.05) is 6.61 Å². The van der Waals surface area contributed by atoms with Crippen LogP contribution in [0, 0.1) is 0 Å². The van der Waals surface area contributed by atoms with E-state index in [1.807, 2.05) is 6.07 Å². The summed E-state index contributed by atoms with van der Waals surface area (Å²) in [6, 6.07) is 4.65. The average Bonchev–Trinajstić information content (AvgIpc) is 2.98. The van der Waals surface area contributed by atoms with Gasteiger partial charge in [0, 0.05) is 24.0 Å². The first-order chi connectivity index (χ1) is 13.5. The van der Waals surface area contributed by atoms with E-state index in [2.05, 4.69) is 5.32 Å². The van der Waals surface area contributed by atoms with Crippen molar-refractivity contribution in [2.45, 2.75) is 57.5 Å². The summed E-state index contributed by atoms with van der Waals surface area (Å²) in [7, 11) is 0. The second-order valence-electron chi connectivity index (χ2n) is 7.09. The second kappa shape index (κ2) is 8.86. The number of nitrogens with zero attached hydrogens (tertiary/aromatic N) is 1. The van der Waals surface area contributed by atoms with Gasteiger partial charge < -0.3 is 14.7 Å². The van der Waals surface area contributed by atoms with E-state index in [0.29, 0.717) is 30.8 Å². The van der Waals surface area contributed by atoms with Crippen LogP contribution in [-0.4, -0.2) is 46.3 Å². The van der Waals surface area contributed by atoms with Crippen LogP contribution < -0.4 is 10.1 Å². The van der Waals surface area contributed by atoms with E-state index in [0.717, 1.165) is 24.8 Å². The lowest BCUT2D eigenvalue weighted by Gasteiger charge is -2.29. The molecular weight excluding hydrogens is 364 g/mol. The highest BCUT2D eigenvalue weighted by Crippen LogP contribution is 2.33. The molecule has 0 bridgehead atoms. The fourth-order valence-corrected chi connectivity index (χ4v) is 3.61. The van der Waals surface area contributed by atoms with Crippen LogP contribution >= 0.6 is 0 Å². The summed E-state index contributed by atoms with van der Waals surface area (Å²) in [5.74, 6) is -1.10. The van der Waals surface area contributed by atoms with E-state index in [9.17, 15) is 19.2 Å². The van der Waals surface area contributed by atoms with Gasteiger partial charge >= 0.3 is 5.97 Å². The number of aliphatic carboxylic acids is 1. The summed E-state index contributed by atoms with van der Waals surface area (Å²) in [6.07, 6.45) is 3.91. The van der Waals surface area contributed by atoms with Crippen LogP contribution in [0.1, 0.15) is 60.9 Å². The zero-order valence-electron chi connectivity index (χ0n) is 15.6. The van der Waals surface area contributed by atoms with Gasteiger partial charge in [-0.25, -0.2) is 0 Å². The van der Waals surface area contributed by atoms with Crippen molar-refractivity contribution in [3.8, 4) is 5.75 Å². The molecule has 0 aromatic heterocycles. The normalized spacial score (nSPS) is 18.8. The SMILES string of the molecule is O=C(O)CCCCCCOc1cccc2c1CN(C1CCC(=O)NC1=O)C2=O. The average molecular weight is 388 g/mol. The summed E-state index contributed by atoms with van der Waals surface area (Å²) in [4.78, 5) is 48.2. The molecule has 2 N–H and O–H groups in total. The van der Waals surface area contributed by atoms with Crippen LogP contribution in [-0.2, 0) is 20.9 Å². The molecule has 28 heavy (non-hydrogen) atoms. The van der Waals surface area contributed by atoms with E-state index in [4.69, 9.17) is 9.84 Å². The highest BCUT2D eigenvalue weighted by molar-refractivity contribution is 6.05. The molecule has 150 valence electrons. The van der Waals surface area contributed by atoms with Gasteiger partial charge in [-0.05, 0) is 31.4 Å². The van der Waals surface area contributed by atoms with E-state index in [1.54, 1.807) is 12.1 Å². The fraction of sp³-hybridized carbons (Fsp3) is 0.500. The topological polar surface area (TPSA) is 113 Å². The molecule has 0 spiro atoms. The lowest BCUT2D eigenvalue weighted by molar-refractivity contribution is -0.138. The molecule has 1 aromatic carbocycles. The monoisotopic (exact) mass is 388 g/mol. The second-order valence-corrected chi connectivity index (χ2v) is 7.09. The number of amides is 3. The Balaban J connectivity index is 1.56. The molecule has 3 rings (SSSR count). The Morgan fingerprint density at radius 3 is 2.71 bits per heavy atom. The number of piperidine rings is 1. The van der Waals surface area contributed by atoms with Crippen molar-refractivity contribution < 1.29 is 29.0 Å². The van der Waals surface area contributed by atoms with Crippen molar-refractivity contribution in [1.29, 1.82) is 0 Å². The first-order valence-corrected chi connectivity index (χ1v) is 9.58. The predicted octanol–water partition coefficient (Wildman–Crippen LogP) is 1.86. The minimum absolute atomic E-state index is 0.186. The number of carboxylic acids is 1. The molecule has 0 saturated carbocycles. The Bertz CT molecular complexity index is 791. The van der Waals surface area contributed by atoms with Gasteiger partial charge in [-0.3, -0.25) is 24.5 Å². The quantitative estimate of drug-likeness (QED) is 0.493. The summed E-state index contributed by atoms with van der Waals surface area (Å²) in [5, 5.41) is 10.9. The molecule has 1 atom stereocenters. The first-order valence-electron chi connectivity index (χ1n) is 9.58. The van der Waals surface area contributed by atoms with E-state index in [-0.39, 0.29) is 31.2 Å². The number of carboxylic acid groups (broad SMARTS) is 1. The summed E-state index contributed by atoms with van der Waals surface area (Å²) in [5.41, 5.74) is 1.30. The zero-order valence-corrected chi connectivity index (χ0v) is 15.6. The maximum absolute atomic E-state index is 12.7. The van der Waals surface area contributed by atoms with Crippen molar-refractivity contribution in [3.05, 3.63) is 29.3 Å². The molecule has 8 heteroatoms. The van der Waals surface area contributed by atoms with Crippen LogP contribution in [0.15, 0.2) is 18.2 Å². The first kappa shape index (κ1) is 19.9. The Morgan fingerprint density at radius 1 is 1.18 bits per heavy atom. The van der Waals surface area contributed by atoms with Crippen LogP contribution in [0.4, 0.5) is 0 Å². The van der Waals surface area contributed by atoms with E-state index < -0.39 is 17.9 Å². The van der Waals surface area contributed by atoms with Gasteiger partial charge in [-0.1, -0.05) is 18.9 Å². The van der Waals surface area contributed by atoms with Crippen LogP contribution in [0.2, 0.25) is 0 Å². The Kier molecular flexibility index (Phi) is 6.28. The molecule has 1 unspecified atom stereocenters. The molecule has 1 fully saturated rings. The molecular formula is C20H24N2O6. The Hall–Kier alpha value is -2.90. The number of hydrogen-bond acceptors (Lipinski definition) is 5. The number of hydrogen-bond donors (Lipinski definition) is 2. The molecule has 0 aliphatic carbocycles. The number of benzene rings is 1. The zero-order chi connectivity index (χ0) is 20.1. The lowest BCUT2D eigenvalue weighted by atomic mass is 10.0. The minimum Gasteiger partial charge on any atom is -0.493 e. The standard InChI is InChI=1S/C20H24N2O6/c23-17-10-9-15(19(26)21-17)22-12-14-13(20(22)27)6-5-7-16(14)28-11-4-2-1-3-8-18(24)25/h5-7,15H,1-4,8-12H2,(H,24,25)(H,21,23,26). The number of unbranched alkanes of at least 4 members (excludes halogenated alkanes) is 3. The number of carbonyl (C=O) groups excluding carboxylic acids is 3. The third kappa shape index (κ3) is 4.49. The number of carbonyl (C=O) groups is 4. The van der Waals surface area contributed by atoms with Gasteiger partial charge in [0.2, 0.25) is 11.8 Å². The van der Waals surface area contributed by atoms with Crippen LogP contribution in [0.5, 0.6) is 5.75 Å². The predicted molar refractivity (Wildman–Crippen MR) is 98.7 cm³/mol. The van der Waals surface area contributed by atoms with Crippen molar-refractivity contribution in [3.63, 3.8) is 0 Å². The van der Waals surface area contributed by atoms with E-state index in [1.165, 1.54) is 4.90 Å². The van der Waals surface area contributed by atoms with Gasteiger partial charge in [0.05, 0.1) is 13.2 Å².